The maximum absolute atomic E-state index is 5.66. The molecule has 1 atom stereocenters. The normalized spacial score (nSPS) is 13.0. The summed E-state index contributed by atoms with van der Waals surface area (Å²) in [6.45, 7) is 3.97. The van der Waals surface area contributed by atoms with Crippen LogP contribution in [0.1, 0.15) is 17.6 Å². The Morgan fingerprint density at radius 2 is 2.33 bits per heavy atom. The Balaban J connectivity index is 2.20. The van der Waals surface area contributed by atoms with Crippen LogP contribution < -0.4 is 5.73 Å². The molecule has 0 aliphatic rings. The van der Waals surface area contributed by atoms with Gasteiger partial charge in [-0.3, -0.25) is 0 Å². The molecule has 0 radical (unpaired) electrons. The minimum atomic E-state index is 0.0560. The second-order valence-electron chi connectivity index (χ2n) is 3.61. The van der Waals surface area contributed by atoms with Crippen LogP contribution in [0.2, 0.25) is 0 Å². The van der Waals surface area contributed by atoms with Crippen LogP contribution in [0.25, 0.3) is 10.8 Å². The van der Waals surface area contributed by atoms with Gasteiger partial charge in [0.2, 0.25) is 0 Å². The van der Waals surface area contributed by atoms with Crippen molar-refractivity contribution in [2.45, 2.75) is 26.3 Å². The summed E-state index contributed by atoms with van der Waals surface area (Å²) in [6, 6.07) is 4.08. The van der Waals surface area contributed by atoms with Crippen molar-refractivity contribution in [3.05, 3.63) is 22.8 Å². The Labute approximate surface area is 92.1 Å². The Bertz CT molecular complexity index is 447. The van der Waals surface area contributed by atoms with Gasteiger partial charge < -0.3 is 10.3 Å². The van der Waals surface area contributed by atoms with Crippen molar-refractivity contribution in [2.75, 3.05) is 0 Å². The molecule has 0 saturated heterocycles. The first-order valence-corrected chi connectivity index (χ1v) is 5.62. The summed E-state index contributed by atoms with van der Waals surface area (Å²) in [7, 11) is 0. The Morgan fingerprint density at radius 3 is 2.93 bits per heavy atom. The zero-order chi connectivity index (χ0) is 10.8. The molecule has 1 unspecified atom stereocenters. The Morgan fingerprint density at radius 1 is 1.53 bits per heavy atom. The van der Waals surface area contributed by atoms with Crippen molar-refractivity contribution in [3.8, 4) is 10.8 Å². The molecule has 2 rings (SSSR count). The molecule has 0 aromatic carbocycles. The third kappa shape index (κ3) is 2.43. The van der Waals surface area contributed by atoms with Crippen LogP contribution in [-0.4, -0.2) is 16.2 Å². The van der Waals surface area contributed by atoms with E-state index in [9.17, 15) is 0 Å². The molecule has 4 nitrogen and oxygen atoms in total. The first-order chi connectivity index (χ1) is 7.15. The summed E-state index contributed by atoms with van der Waals surface area (Å²) < 4.78 is 5.16. The molecule has 0 bridgehead atoms. The molecular formula is C10H13N3OS. The SMILES string of the molecule is Cc1ccc(-c2nc(CC(C)N)no2)s1. The van der Waals surface area contributed by atoms with E-state index in [1.807, 2.05) is 26.0 Å². The highest BCUT2D eigenvalue weighted by atomic mass is 32.1. The van der Waals surface area contributed by atoms with E-state index < -0.39 is 0 Å². The van der Waals surface area contributed by atoms with Crippen LogP contribution in [-0.2, 0) is 6.42 Å². The Kier molecular flexibility index (Phi) is 2.83. The number of aromatic nitrogens is 2. The predicted molar refractivity (Wildman–Crippen MR) is 59.7 cm³/mol. The molecule has 0 amide bonds. The topological polar surface area (TPSA) is 64.9 Å². The molecule has 15 heavy (non-hydrogen) atoms. The second-order valence-corrected chi connectivity index (χ2v) is 4.90. The van der Waals surface area contributed by atoms with Gasteiger partial charge in [-0.05, 0) is 26.0 Å². The van der Waals surface area contributed by atoms with E-state index in [0.29, 0.717) is 18.1 Å². The third-order valence-corrected chi connectivity index (χ3v) is 2.91. The van der Waals surface area contributed by atoms with Crippen LogP contribution in [0.3, 0.4) is 0 Å². The van der Waals surface area contributed by atoms with Crippen LogP contribution in [0, 0.1) is 6.92 Å². The zero-order valence-electron chi connectivity index (χ0n) is 8.73. The summed E-state index contributed by atoms with van der Waals surface area (Å²) in [5.74, 6) is 1.26. The monoisotopic (exact) mass is 223 g/mol. The standard InChI is InChI=1S/C10H13N3OS/c1-6(11)5-9-12-10(14-13-9)8-4-3-7(2)15-8/h3-4,6H,5,11H2,1-2H3. The van der Waals surface area contributed by atoms with Gasteiger partial charge in [0.15, 0.2) is 5.82 Å². The van der Waals surface area contributed by atoms with Crippen LogP contribution >= 0.6 is 11.3 Å². The van der Waals surface area contributed by atoms with Gasteiger partial charge in [0.05, 0.1) is 4.88 Å². The number of hydrogen-bond acceptors (Lipinski definition) is 5. The lowest BCUT2D eigenvalue weighted by Gasteiger charge is -1.96. The number of aryl methyl sites for hydroxylation is 1. The summed E-state index contributed by atoms with van der Waals surface area (Å²) in [4.78, 5) is 6.53. The molecule has 0 saturated carbocycles. The first kappa shape index (κ1) is 10.3. The van der Waals surface area contributed by atoms with Gasteiger partial charge in [-0.15, -0.1) is 11.3 Å². The molecule has 5 heteroatoms. The smallest absolute Gasteiger partial charge is 0.267 e. The van der Waals surface area contributed by atoms with Gasteiger partial charge in [-0.25, -0.2) is 0 Å². The van der Waals surface area contributed by atoms with E-state index in [-0.39, 0.29) is 6.04 Å². The molecule has 0 aliphatic heterocycles. The van der Waals surface area contributed by atoms with Gasteiger partial charge in [-0.1, -0.05) is 5.16 Å². The fourth-order valence-corrected chi connectivity index (χ4v) is 2.06. The van der Waals surface area contributed by atoms with Gasteiger partial charge in [0, 0.05) is 17.3 Å². The summed E-state index contributed by atoms with van der Waals surface area (Å²) in [6.07, 6.45) is 0.647. The highest BCUT2D eigenvalue weighted by molar-refractivity contribution is 7.15. The minimum absolute atomic E-state index is 0.0560. The van der Waals surface area contributed by atoms with Crippen molar-refractivity contribution in [1.29, 1.82) is 0 Å². The molecule has 0 spiro atoms. The first-order valence-electron chi connectivity index (χ1n) is 4.80. The van der Waals surface area contributed by atoms with Crippen LogP contribution in [0.15, 0.2) is 16.7 Å². The lowest BCUT2D eigenvalue weighted by Crippen LogP contribution is -2.18. The van der Waals surface area contributed by atoms with E-state index in [1.165, 1.54) is 4.88 Å². The van der Waals surface area contributed by atoms with Gasteiger partial charge in [0.1, 0.15) is 0 Å². The summed E-state index contributed by atoms with van der Waals surface area (Å²) in [5.41, 5.74) is 5.66. The third-order valence-electron chi connectivity index (χ3n) is 1.92. The molecule has 0 fully saturated rings. The molecule has 2 aromatic heterocycles. The van der Waals surface area contributed by atoms with Gasteiger partial charge in [0.25, 0.3) is 5.89 Å². The average Bonchev–Trinajstić information content (AvgIpc) is 2.72. The molecule has 80 valence electrons. The van der Waals surface area contributed by atoms with Crippen molar-refractivity contribution >= 4 is 11.3 Å². The van der Waals surface area contributed by atoms with E-state index in [2.05, 4.69) is 10.1 Å². The molecule has 2 aromatic rings. The number of hydrogen-bond donors (Lipinski definition) is 1. The Hall–Kier alpha value is -1.20. The zero-order valence-corrected chi connectivity index (χ0v) is 9.54. The summed E-state index contributed by atoms with van der Waals surface area (Å²) in [5, 5.41) is 3.88. The van der Waals surface area contributed by atoms with Crippen molar-refractivity contribution in [3.63, 3.8) is 0 Å². The van der Waals surface area contributed by atoms with E-state index in [1.54, 1.807) is 11.3 Å². The van der Waals surface area contributed by atoms with E-state index >= 15 is 0 Å². The second kappa shape index (κ2) is 4.12. The van der Waals surface area contributed by atoms with Crippen molar-refractivity contribution in [2.24, 2.45) is 5.73 Å². The maximum atomic E-state index is 5.66. The minimum Gasteiger partial charge on any atom is -0.333 e. The van der Waals surface area contributed by atoms with E-state index in [4.69, 9.17) is 10.3 Å². The van der Waals surface area contributed by atoms with Gasteiger partial charge >= 0.3 is 0 Å². The van der Waals surface area contributed by atoms with Crippen molar-refractivity contribution in [1.82, 2.24) is 10.1 Å². The molecule has 2 N–H and O–H groups in total. The molecule has 0 aliphatic carbocycles. The molecular weight excluding hydrogens is 210 g/mol. The number of thiophene rings is 1. The molecule has 2 heterocycles. The fraction of sp³-hybridized carbons (Fsp3) is 0.400. The van der Waals surface area contributed by atoms with Gasteiger partial charge in [-0.2, -0.15) is 4.98 Å². The van der Waals surface area contributed by atoms with Crippen LogP contribution in [0.5, 0.6) is 0 Å². The maximum Gasteiger partial charge on any atom is 0.267 e. The van der Waals surface area contributed by atoms with E-state index in [0.717, 1.165) is 4.88 Å². The number of nitrogens with zero attached hydrogens (tertiary/aromatic N) is 2. The average molecular weight is 223 g/mol. The predicted octanol–water partition coefficient (Wildman–Crippen LogP) is 2.00. The highest BCUT2D eigenvalue weighted by Gasteiger charge is 2.11. The number of nitrogens with two attached hydrogens (primary N) is 1. The fourth-order valence-electron chi connectivity index (χ4n) is 1.27. The number of rotatable bonds is 3. The van der Waals surface area contributed by atoms with Crippen LogP contribution in [0.4, 0.5) is 0 Å². The lowest BCUT2D eigenvalue weighted by molar-refractivity contribution is 0.421. The largest absolute Gasteiger partial charge is 0.333 e. The quantitative estimate of drug-likeness (QED) is 0.864. The highest BCUT2D eigenvalue weighted by Crippen LogP contribution is 2.25. The lowest BCUT2D eigenvalue weighted by atomic mass is 10.2. The van der Waals surface area contributed by atoms with Crippen molar-refractivity contribution < 1.29 is 4.52 Å². The summed E-state index contributed by atoms with van der Waals surface area (Å²) >= 11 is 1.65.